The van der Waals surface area contributed by atoms with Crippen LogP contribution in [0.4, 0.5) is 0 Å². The molecular weight excluding hydrogens is 1000 g/mol. The summed E-state index contributed by atoms with van der Waals surface area (Å²) >= 11 is 0. The van der Waals surface area contributed by atoms with Crippen LogP contribution in [0.3, 0.4) is 0 Å². The quantitative estimate of drug-likeness (QED) is 0.112. The van der Waals surface area contributed by atoms with Gasteiger partial charge in [0.1, 0.15) is 5.82 Å². The van der Waals surface area contributed by atoms with Crippen LogP contribution in [-0.4, -0.2) is 14.1 Å². The molecule has 6 heteroatoms. The van der Waals surface area contributed by atoms with E-state index in [-0.39, 0.29) is 61.5 Å². The van der Waals surface area contributed by atoms with Crippen LogP contribution in [0.5, 0.6) is 11.5 Å². The van der Waals surface area contributed by atoms with E-state index in [4.69, 9.17) is 15.2 Å². The van der Waals surface area contributed by atoms with Crippen molar-refractivity contribution in [1.82, 2.24) is 14.1 Å². The Kier molecular flexibility index (Phi) is 10.7. The molecule has 0 fully saturated rings. The van der Waals surface area contributed by atoms with Crippen molar-refractivity contribution >= 4 is 32.8 Å². The second-order valence-electron chi connectivity index (χ2n) is 20.5. The molecule has 3 aromatic heterocycles. The summed E-state index contributed by atoms with van der Waals surface area (Å²) in [5, 5.41) is 1.01. The molecule has 0 saturated carbocycles. The second-order valence-corrected chi connectivity index (χ2v) is 20.5. The molecule has 5 nitrogen and oxygen atoms in total. The van der Waals surface area contributed by atoms with Crippen LogP contribution in [0.2, 0.25) is 0 Å². The molecule has 0 saturated heterocycles. The molecule has 10 aromatic rings. The van der Waals surface area contributed by atoms with Crippen molar-refractivity contribution in [1.29, 1.82) is 0 Å². The maximum atomic E-state index is 9.07. The predicted octanol–water partition coefficient (Wildman–Crippen LogP) is 15.1. The van der Waals surface area contributed by atoms with E-state index in [1.165, 1.54) is 11.1 Å². The van der Waals surface area contributed by atoms with Gasteiger partial charge in [-0.1, -0.05) is 177 Å². The standard InChI is InChI=1S/C61H56N4O.Pt/c1-59(2,3)39-41-31-32-62-57(33-41)65-53-26-14-13-23-51(53)52-30-29-48(38-56(52)65)66-47-22-17-21-46(37-47)63-40-64(55-28-16-15-27-54(55)63)58-49(42-19-11-10-12-20-42)24-18-25-50(58)43-34-44(60(4,5)6)36-45(35-43)61(7,8)9;/h10-36H,39H2,1-9H3;/q-2;/i13D,14D,23D,26D;. The average Bonchev–Trinajstić information content (AvgIpc) is 3.88. The predicted molar refractivity (Wildman–Crippen MR) is 271 cm³/mol. The van der Waals surface area contributed by atoms with E-state index in [1.807, 2.05) is 53.1 Å². The number of nitrogens with zero attached hydrogens (tertiary/aromatic N) is 4. The smallest absolute Gasteiger partial charge is 0.268 e. The van der Waals surface area contributed by atoms with Crippen LogP contribution in [0.1, 0.15) is 84.5 Å². The Hall–Kier alpha value is -6.55. The van der Waals surface area contributed by atoms with Gasteiger partial charge >= 0.3 is 0 Å². The molecule has 0 aliphatic carbocycles. The van der Waals surface area contributed by atoms with Gasteiger partial charge in [-0.25, -0.2) is 4.98 Å². The zero-order valence-corrected chi connectivity index (χ0v) is 41.8. The summed E-state index contributed by atoms with van der Waals surface area (Å²) in [5.41, 5.74) is 12.4. The molecule has 338 valence electrons. The number of para-hydroxylation sites is 4. The zero-order chi connectivity index (χ0) is 49.4. The maximum absolute atomic E-state index is 9.07. The number of ether oxygens (including phenoxy) is 1. The van der Waals surface area contributed by atoms with Gasteiger partial charge < -0.3 is 13.9 Å². The summed E-state index contributed by atoms with van der Waals surface area (Å²) in [6, 6.07) is 52.0. The number of hydrogen-bond acceptors (Lipinski definition) is 2. The zero-order valence-electron chi connectivity index (χ0n) is 43.5. The fraction of sp³-hybridized carbons (Fsp3) is 0.213. The summed E-state index contributed by atoms with van der Waals surface area (Å²) in [5.74, 6) is 1.36. The molecule has 7 aromatic carbocycles. The van der Waals surface area contributed by atoms with E-state index < -0.39 is 0 Å². The van der Waals surface area contributed by atoms with Gasteiger partial charge in [-0.15, -0.1) is 29.7 Å². The van der Waals surface area contributed by atoms with Gasteiger partial charge in [-0.05, 0) is 90.9 Å². The number of imidazole rings is 1. The number of hydrogen-bond donors (Lipinski definition) is 0. The minimum Gasteiger partial charge on any atom is -0.510 e. The van der Waals surface area contributed by atoms with Crippen LogP contribution in [0.15, 0.2) is 164 Å². The number of fused-ring (bicyclic) bond motifs is 4. The molecule has 0 amide bonds. The van der Waals surface area contributed by atoms with E-state index in [2.05, 4.69) is 164 Å². The van der Waals surface area contributed by atoms with E-state index in [0.29, 0.717) is 39.1 Å². The van der Waals surface area contributed by atoms with Gasteiger partial charge in [-0.3, -0.25) is 4.57 Å². The van der Waals surface area contributed by atoms with Crippen LogP contribution < -0.4 is 9.30 Å². The fourth-order valence-electron chi connectivity index (χ4n) is 8.88. The number of aromatic nitrogens is 4. The van der Waals surface area contributed by atoms with Gasteiger partial charge in [0, 0.05) is 44.3 Å². The van der Waals surface area contributed by atoms with Crippen molar-refractivity contribution in [3.63, 3.8) is 0 Å². The van der Waals surface area contributed by atoms with Crippen molar-refractivity contribution < 1.29 is 35.9 Å². The second kappa shape index (κ2) is 17.6. The van der Waals surface area contributed by atoms with Crippen LogP contribution in [0.25, 0.3) is 72.3 Å². The topological polar surface area (TPSA) is 35.9 Å². The van der Waals surface area contributed by atoms with Crippen LogP contribution >= 0.6 is 0 Å². The van der Waals surface area contributed by atoms with Crippen LogP contribution in [-0.2, 0) is 38.3 Å². The third kappa shape index (κ3) is 9.02. The normalized spacial score (nSPS) is 13.0. The fourth-order valence-corrected chi connectivity index (χ4v) is 8.88. The van der Waals surface area contributed by atoms with Crippen molar-refractivity contribution in [3.8, 4) is 50.9 Å². The van der Waals surface area contributed by atoms with Crippen molar-refractivity contribution in [3.05, 3.63) is 199 Å². The number of benzene rings is 7. The summed E-state index contributed by atoms with van der Waals surface area (Å²) in [6.45, 7) is 20.2. The van der Waals surface area contributed by atoms with E-state index in [9.17, 15) is 0 Å². The average molecular weight is 1060 g/mol. The molecule has 0 unspecified atom stereocenters. The largest absolute Gasteiger partial charge is 0.510 e. The summed E-state index contributed by atoms with van der Waals surface area (Å²) in [6.07, 6.45) is 6.33. The van der Waals surface area contributed by atoms with Gasteiger partial charge in [0.2, 0.25) is 0 Å². The molecule has 3 heterocycles. The molecule has 10 rings (SSSR count). The summed E-state index contributed by atoms with van der Waals surface area (Å²) in [7, 11) is 0. The van der Waals surface area contributed by atoms with Crippen molar-refractivity contribution in [2.75, 3.05) is 0 Å². The Morgan fingerprint density at radius 2 is 1.30 bits per heavy atom. The van der Waals surface area contributed by atoms with Crippen molar-refractivity contribution in [2.45, 2.75) is 79.6 Å². The Bertz CT molecular complexity index is 3640. The van der Waals surface area contributed by atoms with Gasteiger partial charge in [0.15, 0.2) is 0 Å². The monoisotopic (exact) mass is 1060 g/mol. The van der Waals surface area contributed by atoms with Gasteiger partial charge in [-0.2, -0.15) is 18.2 Å². The third-order valence-corrected chi connectivity index (χ3v) is 12.2. The number of rotatable bonds is 8. The minimum absolute atomic E-state index is 0. The Labute approximate surface area is 415 Å². The van der Waals surface area contributed by atoms with Gasteiger partial charge in [0.25, 0.3) is 6.33 Å². The molecule has 67 heavy (non-hydrogen) atoms. The summed E-state index contributed by atoms with van der Waals surface area (Å²) < 4.78 is 47.9. The molecular formula is C61H56N4OPt-2. The SMILES string of the molecule is [2H]c1c([2H])c([2H])c2c(c1[2H])c1ccc(Oc3[c-]c(-n4[c-][n+](-c5c(-c6ccccc6)cccc5-c5cc(C(C)(C)C)cc(C(C)(C)C)c5)c5ccccc54)ccc3)[c-]c1n2-c1cc(CC(C)(C)C)ccn1.[Pt]. The molecule has 0 N–H and O–H groups in total. The molecule has 0 bridgehead atoms. The molecule has 0 atom stereocenters. The first-order valence-electron chi connectivity index (χ1n) is 24.7. The maximum Gasteiger partial charge on any atom is 0.268 e. The van der Waals surface area contributed by atoms with Crippen LogP contribution in [0, 0.1) is 23.9 Å². The molecule has 0 aliphatic rings. The summed E-state index contributed by atoms with van der Waals surface area (Å²) in [4.78, 5) is 4.75. The Morgan fingerprint density at radius 1 is 0.627 bits per heavy atom. The van der Waals surface area contributed by atoms with E-state index in [0.717, 1.165) is 56.6 Å². The first-order valence-corrected chi connectivity index (χ1v) is 22.7. The molecule has 0 aliphatic heterocycles. The van der Waals surface area contributed by atoms with Gasteiger partial charge in [0.05, 0.1) is 22.2 Å². The third-order valence-electron chi connectivity index (χ3n) is 12.2. The first-order chi connectivity index (χ1) is 33.2. The first kappa shape index (κ1) is 40.7. The van der Waals surface area contributed by atoms with E-state index in [1.54, 1.807) is 16.8 Å². The van der Waals surface area contributed by atoms with E-state index >= 15 is 0 Å². The molecule has 0 spiro atoms. The molecule has 0 radical (unpaired) electrons. The minimum atomic E-state index is -0.310. The number of pyridine rings is 1. The Balaban J connectivity index is 0.00000624. The Morgan fingerprint density at radius 3 is 2.03 bits per heavy atom. The van der Waals surface area contributed by atoms with Crippen molar-refractivity contribution in [2.24, 2.45) is 5.41 Å².